The van der Waals surface area contributed by atoms with Gasteiger partial charge in [-0.1, -0.05) is 34.8 Å². The molecule has 0 bridgehead atoms. The third-order valence-corrected chi connectivity index (χ3v) is 3.94. The molecular weight excluding hydrogens is 406 g/mol. The van der Waals surface area contributed by atoms with Crippen molar-refractivity contribution >= 4 is 52.1 Å². The van der Waals surface area contributed by atoms with E-state index in [0.29, 0.717) is 16.8 Å². The lowest BCUT2D eigenvalue weighted by Gasteiger charge is -2.12. The zero-order valence-corrected chi connectivity index (χ0v) is 14.4. The normalized spacial score (nSPS) is 11.4. The Labute approximate surface area is 154 Å². The number of nitrogens with two attached hydrogens (primary N) is 1. The number of hydrogen-bond acceptors (Lipinski definition) is 3. The number of amides is 1. The lowest BCUT2D eigenvalue weighted by Crippen LogP contribution is -2.29. The highest BCUT2D eigenvalue weighted by Crippen LogP contribution is 2.31. The van der Waals surface area contributed by atoms with Crippen LogP contribution in [-0.4, -0.2) is 10.5 Å². The van der Waals surface area contributed by atoms with Crippen molar-refractivity contribution in [1.82, 2.24) is 4.57 Å². The summed E-state index contributed by atoms with van der Waals surface area (Å²) >= 11 is 17.2. The molecule has 3 N–H and O–H groups in total. The minimum Gasteiger partial charge on any atom is -0.396 e. The quantitative estimate of drug-likeness (QED) is 0.744. The van der Waals surface area contributed by atoms with Gasteiger partial charge in [-0.2, -0.15) is 13.2 Å². The monoisotopic (exact) mass is 413 g/mol. The molecular formula is C14H9Cl3F3N3O2. The average Bonchev–Trinajstić information content (AvgIpc) is 2.48. The highest BCUT2D eigenvalue weighted by atomic mass is 35.5. The van der Waals surface area contributed by atoms with Crippen molar-refractivity contribution in [3.05, 3.63) is 55.4 Å². The molecule has 0 unspecified atom stereocenters. The average molecular weight is 415 g/mol. The van der Waals surface area contributed by atoms with Gasteiger partial charge in [0.1, 0.15) is 11.6 Å². The van der Waals surface area contributed by atoms with Crippen molar-refractivity contribution in [3.63, 3.8) is 0 Å². The third-order valence-electron chi connectivity index (χ3n) is 3.05. The summed E-state index contributed by atoms with van der Waals surface area (Å²) < 4.78 is 38.9. The fourth-order valence-electron chi connectivity index (χ4n) is 1.88. The zero-order valence-electron chi connectivity index (χ0n) is 12.1. The third kappa shape index (κ3) is 4.59. The Morgan fingerprint density at radius 2 is 1.68 bits per heavy atom. The van der Waals surface area contributed by atoms with Gasteiger partial charge in [0.25, 0.3) is 5.56 Å². The number of carbonyl (C=O) groups is 1. The van der Waals surface area contributed by atoms with Gasteiger partial charge in [-0.25, -0.2) is 0 Å². The number of anilines is 2. The Morgan fingerprint density at radius 1 is 1.12 bits per heavy atom. The molecule has 2 rings (SSSR count). The van der Waals surface area contributed by atoms with Crippen LogP contribution in [0, 0.1) is 0 Å². The van der Waals surface area contributed by atoms with Crippen molar-refractivity contribution in [2.45, 2.75) is 12.7 Å². The summed E-state index contributed by atoms with van der Waals surface area (Å²) in [6, 6.07) is 3.11. The molecule has 1 amide bonds. The van der Waals surface area contributed by atoms with E-state index in [1.54, 1.807) is 0 Å². The molecule has 0 saturated carbocycles. The van der Waals surface area contributed by atoms with Crippen molar-refractivity contribution in [2.75, 3.05) is 11.1 Å². The predicted molar refractivity (Wildman–Crippen MR) is 90.2 cm³/mol. The number of nitrogen functional groups attached to an aromatic ring is 1. The van der Waals surface area contributed by atoms with E-state index in [2.05, 4.69) is 5.32 Å². The smallest absolute Gasteiger partial charge is 0.396 e. The van der Waals surface area contributed by atoms with Gasteiger partial charge in [0.05, 0.1) is 21.3 Å². The van der Waals surface area contributed by atoms with Crippen LogP contribution in [0.3, 0.4) is 0 Å². The van der Waals surface area contributed by atoms with Crippen LogP contribution in [0.4, 0.5) is 24.5 Å². The van der Waals surface area contributed by atoms with Gasteiger partial charge in [-0.3, -0.25) is 9.59 Å². The van der Waals surface area contributed by atoms with Gasteiger partial charge in [-0.05, 0) is 18.2 Å². The van der Waals surface area contributed by atoms with Crippen LogP contribution in [-0.2, 0) is 17.5 Å². The number of hydrogen-bond donors (Lipinski definition) is 2. The molecule has 25 heavy (non-hydrogen) atoms. The fraction of sp³-hybridized carbons (Fsp3) is 0.143. The first kappa shape index (κ1) is 19.4. The largest absolute Gasteiger partial charge is 0.417 e. The molecule has 0 aliphatic heterocycles. The highest BCUT2D eigenvalue weighted by molar-refractivity contribution is 6.39. The number of nitrogens with one attached hydrogen (secondary N) is 1. The van der Waals surface area contributed by atoms with Crippen LogP contribution in [0.15, 0.2) is 29.2 Å². The van der Waals surface area contributed by atoms with Gasteiger partial charge >= 0.3 is 6.18 Å². The van der Waals surface area contributed by atoms with Gasteiger partial charge in [0, 0.05) is 11.9 Å². The number of halogens is 6. The van der Waals surface area contributed by atoms with E-state index in [1.807, 2.05) is 0 Å². The van der Waals surface area contributed by atoms with Crippen LogP contribution < -0.4 is 16.6 Å². The molecule has 1 aromatic carbocycles. The molecule has 1 heterocycles. The van der Waals surface area contributed by atoms with Gasteiger partial charge < -0.3 is 15.6 Å². The molecule has 2 aromatic rings. The summed E-state index contributed by atoms with van der Waals surface area (Å²) in [6.07, 6.45) is -4.20. The van der Waals surface area contributed by atoms with E-state index >= 15 is 0 Å². The molecule has 0 fully saturated rings. The Balaban J connectivity index is 2.26. The number of carbonyl (C=O) groups excluding carboxylic acids is 1. The molecule has 0 aliphatic carbocycles. The number of nitrogens with zero attached hydrogens (tertiary/aromatic N) is 1. The summed E-state index contributed by atoms with van der Waals surface area (Å²) in [5.41, 5.74) is 3.75. The fourth-order valence-corrected chi connectivity index (χ4v) is 2.60. The summed E-state index contributed by atoms with van der Waals surface area (Å²) in [7, 11) is 0. The van der Waals surface area contributed by atoms with Crippen molar-refractivity contribution in [1.29, 1.82) is 0 Å². The Hall–Kier alpha value is -1.90. The maximum absolute atomic E-state index is 12.8. The summed E-state index contributed by atoms with van der Waals surface area (Å²) in [5.74, 6) is -0.783. The number of pyridine rings is 1. The van der Waals surface area contributed by atoms with Crippen LogP contribution in [0.2, 0.25) is 15.1 Å². The van der Waals surface area contributed by atoms with E-state index in [4.69, 9.17) is 40.5 Å². The summed E-state index contributed by atoms with van der Waals surface area (Å²) in [4.78, 5) is 23.8. The Morgan fingerprint density at radius 3 is 2.20 bits per heavy atom. The maximum Gasteiger partial charge on any atom is 0.417 e. The molecule has 0 radical (unpaired) electrons. The number of alkyl halides is 3. The summed E-state index contributed by atoms with van der Waals surface area (Å²) in [6.45, 7) is -0.692. The number of rotatable bonds is 3. The Kier molecular flexibility index (Phi) is 5.55. The zero-order chi connectivity index (χ0) is 18.9. The van der Waals surface area contributed by atoms with E-state index in [1.165, 1.54) is 12.1 Å². The Bertz CT molecular complexity index is 874. The van der Waals surface area contributed by atoms with Crippen LogP contribution >= 0.6 is 34.8 Å². The van der Waals surface area contributed by atoms with Crippen molar-refractivity contribution in [2.24, 2.45) is 0 Å². The minimum absolute atomic E-state index is 0.0853. The first-order valence-electron chi connectivity index (χ1n) is 6.50. The predicted octanol–water partition coefficient (Wildman–Crippen LogP) is 4.05. The number of aromatic nitrogens is 1. The first-order valence-corrected chi connectivity index (χ1v) is 7.64. The molecule has 0 aliphatic rings. The van der Waals surface area contributed by atoms with Crippen molar-refractivity contribution in [3.8, 4) is 0 Å². The molecule has 1 aromatic heterocycles. The van der Waals surface area contributed by atoms with Crippen LogP contribution in [0.1, 0.15) is 5.56 Å². The molecule has 5 nitrogen and oxygen atoms in total. The van der Waals surface area contributed by atoms with Crippen molar-refractivity contribution < 1.29 is 18.0 Å². The highest BCUT2D eigenvalue weighted by Gasteiger charge is 2.32. The number of benzene rings is 1. The second-order valence-corrected chi connectivity index (χ2v) is 6.13. The molecule has 0 spiro atoms. The summed E-state index contributed by atoms with van der Waals surface area (Å²) in [5, 5.41) is 1.88. The molecule has 0 atom stereocenters. The van der Waals surface area contributed by atoms with Gasteiger partial charge in [-0.15, -0.1) is 0 Å². The standard InChI is InChI=1S/C14H9Cl3F3N3O2/c15-8-2-7(3-9(16)12(8)21)22-11(24)5-23-4-6(14(18,19)20)1-10(17)13(23)25/h1-4H,5,21H2,(H,22,24). The van der Waals surface area contributed by atoms with Gasteiger partial charge in [0.15, 0.2) is 0 Å². The molecule has 0 saturated heterocycles. The minimum atomic E-state index is -4.71. The second-order valence-electron chi connectivity index (χ2n) is 4.91. The topological polar surface area (TPSA) is 77.1 Å². The van der Waals surface area contributed by atoms with E-state index in [-0.39, 0.29) is 21.4 Å². The van der Waals surface area contributed by atoms with Gasteiger partial charge in [0.2, 0.25) is 5.91 Å². The first-order chi connectivity index (χ1) is 11.5. The van der Waals surface area contributed by atoms with Crippen LogP contribution in [0.5, 0.6) is 0 Å². The molecule has 11 heteroatoms. The lowest BCUT2D eigenvalue weighted by atomic mass is 10.2. The van der Waals surface area contributed by atoms with E-state index in [0.717, 1.165) is 0 Å². The maximum atomic E-state index is 12.8. The van der Waals surface area contributed by atoms with Crippen LogP contribution in [0.25, 0.3) is 0 Å². The van der Waals surface area contributed by atoms with E-state index < -0.39 is 34.8 Å². The second kappa shape index (κ2) is 7.15. The lowest BCUT2D eigenvalue weighted by molar-refractivity contribution is -0.138. The molecule has 134 valence electrons. The SMILES string of the molecule is Nc1c(Cl)cc(NC(=O)Cn2cc(C(F)(F)F)cc(Cl)c2=O)cc1Cl. The van der Waals surface area contributed by atoms with E-state index in [9.17, 15) is 22.8 Å².